The molecule has 2 aliphatic rings. The average molecular weight is 472 g/mol. The summed E-state index contributed by atoms with van der Waals surface area (Å²) in [5.74, 6) is -0.158. The van der Waals surface area contributed by atoms with Crippen molar-refractivity contribution in [1.29, 1.82) is 0 Å². The fraction of sp³-hybridized carbons (Fsp3) is 0.417. The number of carbonyl (C=O) groups excluding carboxylic acids is 2. The van der Waals surface area contributed by atoms with Crippen LogP contribution in [0.15, 0.2) is 41.3 Å². The molecule has 0 spiro atoms. The maximum Gasteiger partial charge on any atom is 0.265 e. The van der Waals surface area contributed by atoms with E-state index in [-0.39, 0.29) is 35.7 Å². The van der Waals surface area contributed by atoms with Crippen LogP contribution in [0.5, 0.6) is 5.75 Å². The number of nitrogens with one attached hydrogen (secondary N) is 2. The van der Waals surface area contributed by atoms with Crippen LogP contribution in [-0.2, 0) is 19.6 Å². The predicted octanol–water partition coefficient (Wildman–Crippen LogP) is 3.45. The second-order valence-corrected chi connectivity index (χ2v) is 10.6. The van der Waals surface area contributed by atoms with E-state index < -0.39 is 16.1 Å². The van der Waals surface area contributed by atoms with Gasteiger partial charge in [0.05, 0.1) is 10.6 Å². The van der Waals surface area contributed by atoms with Gasteiger partial charge in [-0.2, -0.15) is 4.31 Å². The van der Waals surface area contributed by atoms with Crippen molar-refractivity contribution < 1.29 is 22.7 Å². The number of hydrogen-bond donors (Lipinski definition) is 2. The number of carbonyl (C=O) groups is 2. The van der Waals surface area contributed by atoms with E-state index in [2.05, 4.69) is 10.6 Å². The van der Waals surface area contributed by atoms with Crippen LogP contribution in [-0.4, -0.2) is 43.7 Å². The number of fused-ring (bicyclic) bond motifs is 1. The van der Waals surface area contributed by atoms with Crippen LogP contribution < -0.4 is 15.4 Å². The van der Waals surface area contributed by atoms with Crippen LogP contribution in [0, 0.1) is 19.8 Å². The molecule has 0 aromatic heterocycles. The molecule has 0 unspecified atom stereocenters. The van der Waals surface area contributed by atoms with E-state index in [1.54, 1.807) is 6.07 Å². The van der Waals surface area contributed by atoms with Gasteiger partial charge >= 0.3 is 0 Å². The van der Waals surface area contributed by atoms with E-state index in [0.29, 0.717) is 30.7 Å². The van der Waals surface area contributed by atoms with Crippen molar-refractivity contribution in [3.05, 3.63) is 47.5 Å². The summed E-state index contributed by atoms with van der Waals surface area (Å²) in [5, 5.41) is 5.71. The lowest BCUT2D eigenvalue weighted by atomic mass is 9.97. The Morgan fingerprint density at radius 1 is 1.15 bits per heavy atom. The van der Waals surface area contributed by atoms with Gasteiger partial charge in [0, 0.05) is 24.7 Å². The molecular weight excluding hydrogens is 442 g/mol. The summed E-state index contributed by atoms with van der Waals surface area (Å²) in [6.07, 6.45) is 0.837. The van der Waals surface area contributed by atoms with Crippen LogP contribution in [0.4, 0.5) is 11.4 Å². The monoisotopic (exact) mass is 471 g/mol. The third-order valence-electron chi connectivity index (χ3n) is 6.24. The molecule has 2 heterocycles. The third-order valence-corrected chi connectivity index (χ3v) is 8.14. The molecule has 1 saturated heterocycles. The topological polar surface area (TPSA) is 105 Å². The molecule has 9 heteroatoms. The number of nitrogens with zero attached hydrogens (tertiary/aromatic N) is 1. The van der Waals surface area contributed by atoms with Crippen molar-refractivity contribution in [3.8, 4) is 5.75 Å². The summed E-state index contributed by atoms with van der Waals surface area (Å²) in [6, 6.07) is 10.4. The number of hydrogen-bond acceptors (Lipinski definition) is 5. The van der Waals surface area contributed by atoms with E-state index in [9.17, 15) is 18.0 Å². The molecule has 0 bridgehead atoms. The van der Waals surface area contributed by atoms with E-state index in [4.69, 9.17) is 4.74 Å². The van der Waals surface area contributed by atoms with Crippen LogP contribution in [0.2, 0.25) is 0 Å². The van der Waals surface area contributed by atoms with Gasteiger partial charge in [0.25, 0.3) is 5.91 Å². The van der Waals surface area contributed by atoms with Gasteiger partial charge in [0.15, 0.2) is 6.10 Å². The summed E-state index contributed by atoms with van der Waals surface area (Å²) in [4.78, 5) is 24.9. The van der Waals surface area contributed by atoms with E-state index >= 15 is 0 Å². The van der Waals surface area contributed by atoms with Gasteiger partial charge in [-0.1, -0.05) is 24.6 Å². The molecule has 8 nitrogen and oxygen atoms in total. The molecule has 2 aromatic carbocycles. The Morgan fingerprint density at radius 2 is 1.88 bits per heavy atom. The predicted molar refractivity (Wildman–Crippen MR) is 126 cm³/mol. The minimum atomic E-state index is -3.76. The number of benzene rings is 2. The van der Waals surface area contributed by atoms with Crippen LogP contribution in [0.3, 0.4) is 0 Å². The summed E-state index contributed by atoms with van der Waals surface area (Å²) >= 11 is 0. The van der Waals surface area contributed by atoms with Gasteiger partial charge in [-0.05, 0) is 62.9 Å². The Morgan fingerprint density at radius 3 is 2.55 bits per heavy atom. The number of aryl methyl sites for hydroxylation is 2. The third kappa shape index (κ3) is 4.74. The maximum atomic E-state index is 13.2. The van der Waals surface area contributed by atoms with Gasteiger partial charge in [0.2, 0.25) is 15.9 Å². The Bertz CT molecular complexity index is 1190. The minimum absolute atomic E-state index is 0.0851. The normalized spacial score (nSPS) is 19.4. The molecule has 1 atom stereocenters. The second kappa shape index (κ2) is 9.15. The Kier molecular flexibility index (Phi) is 6.45. The standard InChI is InChI=1S/C24H29N3O5S/c1-4-21-24(29)26-20-14-18(6-8-22(20)32-21)33(30,31)27-11-9-17(10-12-27)23(28)25-19-7-5-15(2)13-16(19)3/h5-8,13-14,17,21H,4,9-12H2,1-3H3,(H,25,28)(H,26,29)/t21-/m1/s1. The van der Waals surface area contributed by atoms with E-state index in [0.717, 1.165) is 16.8 Å². The van der Waals surface area contributed by atoms with E-state index in [1.165, 1.54) is 16.4 Å². The molecule has 2 amide bonds. The lowest BCUT2D eigenvalue weighted by Crippen LogP contribution is -2.41. The van der Waals surface area contributed by atoms with Crippen molar-refractivity contribution in [1.82, 2.24) is 4.31 Å². The maximum absolute atomic E-state index is 13.2. The number of sulfonamides is 1. The number of ether oxygens (including phenoxy) is 1. The second-order valence-electron chi connectivity index (χ2n) is 8.65. The minimum Gasteiger partial charge on any atom is -0.478 e. The molecule has 0 radical (unpaired) electrons. The zero-order chi connectivity index (χ0) is 23.8. The number of rotatable bonds is 5. The highest BCUT2D eigenvalue weighted by Gasteiger charge is 2.34. The molecule has 2 aromatic rings. The van der Waals surface area contributed by atoms with Gasteiger partial charge in [-0.15, -0.1) is 0 Å². The quantitative estimate of drug-likeness (QED) is 0.695. The molecule has 0 aliphatic carbocycles. The summed E-state index contributed by atoms with van der Waals surface area (Å²) < 4.78 is 33.4. The Labute approximate surface area is 194 Å². The first-order chi connectivity index (χ1) is 15.7. The fourth-order valence-electron chi connectivity index (χ4n) is 4.25. The molecular formula is C24H29N3O5S. The Hall–Kier alpha value is -2.91. The van der Waals surface area contributed by atoms with Crippen molar-refractivity contribution in [2.45, 2.75) is 51.0 Å². The van der Waals surface area contributed by atoms with Crippen molar-refractivity contribution in [2.75, 3.05) is 23.7 Å². The largest absolute Gasteiger partial charge is 0.478 e. The van der Waals surface area contributed by atoms with Crippen molar-refractivity contribution in [3.63, 3.8) is 0 Å². The summed E-state index contributed by atoms with van der Waals surface area (Å²) in [5.41, 5.74) is 3.26. The zero-order valence-corrected chi connectivity index (χ0v) is 19.9. The number of anilines is 2. The molecule has 0 saturated carbocycles. The molecule has 2 aliphatic heterocycles. The summed E-state index contributed by atoms with van der Waals surface area (Å²) in [7, 11) is -3.76. The fourth-order valence-corrected chi connectivity index (χ4v) is 5.75. The van der Waals surface area contributed by atoms with Gasteiger partial charge in [0.1, 0.15) is 5.75 Å². The van der Waals surface area contributed by atoms with Crippen molar-refractivity contribution >= 4 is 33.2 Å². The summed E-state index contributed by atoms with van der Waals surface area (Å²) in [6.45, 7) is 6.31. The van der Waals surface area contributed by atoms with E-state index in [1.807, 2.05) is 39.0 Å². The first-order valence-electron chi connectivity index (χ1n) is 11.2. The molecule has 33 heavy (non-hydrogen) atoms. The van der Waals surface area contributed by atoms with Crippen LogP contribution in [0.25, 0.3) is 0 Å². The first kappa shape index (κ1) is 23.3. The molecule has 176 valence electrons. The SMILES string of the molecule is CC[C@H]1Oc2ccc(S(=O)(=O)N3CCC(C(=O)Nc4ccc(C)cc4C)CC3)cc2NC1=O. The highest BCUT2D eigenvalue weighted by Crippen LogP contribution is 2.34. The number of amides is 2. The molecule has 2 N–H and O–H groups in total. The first-order valence-corrected chi connectivity index (χ1v) is 12.6. The van der Waals surface area contributed by atoms with Crippen LogP contribution in [0.1, 0.15) is 37.3 Å². The van der Waals surface area contributed by atoms with Gasteiger partial charge < -0.3 is 15.4 Å². The highest BCUT2D eigenvalue weighted by atomic mass is 32.2. The number of piperidine rings is 1. The lowest BCUT2D eigenvalue weighted by Gasteiger charge is -2.31. The average Bonchev–Trinajstić information content (AvgIpc) is 2.80. The van der Waals surface area contributed by atoms with Crippen LogP contribution >= 0.6 is 0 Å². The Balaban J connectivity index is 1.41. The van der Waals surface area contributed by atoms with Gasteiger partial charge in [-0.3, -0.25) is 9.59 Å². The zero-order valence-electron chi connectivity index (χ0n) is 19.1. The smallest absolute Gasteiger partial charge is 0.265 e. The molecule has 1 fully saturated rings. The lowest BCUT2D eigenvalue weighted by molar-refractivity contribution is -0.123. The highest BCUT2D eigenvalue weighted by molar-refractivity contribution is 7.89. The van der Waals surface area contributed by atoms with Gasteiger partial charge in [-0.25, -0.2) is 8.42 Å². The van der Waals surface area contributed by atoms with Crippen molar-refractivity contribution in [2.24, 2.45) is 5.92 Å². The molecule has 4 rings (SSSR count).